The molecule has 6 heteroatoms. The highest BCUT2D eigenvalue weighted by molar-refractivity contribution is 5.86. The van der Waals surface area contributed by atoms with Gasteiger partial charge >= 0.3 is 11.6 Å². The molecule has 3 aromatic rings. The van der Waals surface area contributed by atoms with Gasteiger partial charge in [-0.15, -0.1) is 0 Å². The van der Waals surface area contributed by atoms with Gasteiger partial charge in [0.2, 0.25) is 5.88 Å². The van der Waals surface area contributed by atoms with Crippen molar-refractivity contribution in [2.75, 3.05) is 13.2 Å². The molecule has 0 amide bonds. The molecular weight excluding hydrogens is 454 g/mol. The normalized spacial score (nSPS) is 10.9. The lowest BCUT2D eigenvalue weighted by atomic mass is 9.97. The van der Waals surface area contributed by atoms with Gasteiger partial charge in [-0.3, -0.25) is 0 Å². The first-order valence-electron chi connectivity index (χ1n) is 13.0. The second kappa shape index (κ2) is 14.2. The third kappa shape index (κ3) is 7.80. The van der Waals surface area contributed by atoms with Crippen LogP contribution in [0.3, 0.4) is 0 Å². The van der Waals surface area contributed by atoms with Gasteiger partial charge in [-0.1, -0.05) is 75.8 Å². The molecule has 0 aliphatic rings. The van der Waals surface area contributed by atoms with Crippen molar-refractivity contribution in [1.82, 2.24) is 4.98 Å². The molecule has 2 heterocycles. The van der Waals surface area contributed by atoms with E-state index >= 15 is 0 Å². The van der Waals surface area contributed by atoms with E-state index in [2.05, 4.69) is 30.6 Å². The topological polar surface area (TPSA) is 78.6 Å². The number of unbranched alkanes of at least 4 members (excludes halogenated alkanes) is 7. The van der Waals surface area contributed by atoms with Crippen molar-refractivity contribution in [3.63, 3.8) is 0 Å². The number of nitrogens with zero attached hydrogens (tertiary/aromatic N) is 1. The number of carbonyl (C=O) groups is 1. The highest BCUT2D eigenvalue weighted by Crippen LogP contribution is 2.29. The minimum absolute atomic E-state index is 0.349. The Morgan fingerprint density at radius 3 is 2.36 bits per heavy atom. The van der Waals surface area contributed by atoms with Crippen LogP contribution in [0.5, 0.6) is 5.88 Å². The SMILES string of the molecule is C=CC(=O)OCCCCCCCCCCOc1nccc2oc(=O)c(-c3cc(C)ccc3CC)cc12. The summed E-state index contributed by atoms with van der Waals surface area (Å²) in [4.78, 5) is 28.2. The lowest BCUT2D eigenvalue weighted by molar-refractivity contribution is -0.137. The van der Waals surface area contributed by atoms with E-state index in [1.807, 2.05) is 19.1 Å². The van der Waals surface area contributed by atoms with Crippen LogP contribution < -0.4 is 10.4 Å². The maximum atomic E-state index is 12.8. The number of carbonyl (C=O) groups excluding carboxylic acids is 1. The fourth-order valence-corrected chi connectivity index (χ4v) is 4.23. The first-order chi connectivity index (χ1) is 17.5. The number of aryl methyl sites for hydroxylation is 2. The highest BCUT2D eigenvalue weighted by Gasteiger charge is 2.14. The van der Waals surface area contributed by atoms with Gasteiger partial charge in [0.15, 0.2) is 0 Å². The minimum Gasteiger partial charge on any atom is -0.477 e. The van der Waals surface area contributed by atoms with Crippen molar-refractivity contribution in [3.05, 3.63) is 70.7 Å². The van der Waals surface area contributed by atoms with E-state index in [0.717, 1.165) is 67.0 Å². The summed E-state index contributed by atoms with van der Waals surface area (Å²) in [5.41, 5.74) is 3.78. The Balaban J connectivity index is 1.48. The Labute approximate surface area is 213 Å². The number of benzene rings is 1. The van der Waals surface area contributed by atoms with Crippen molar-refractivity contribution < 1.29 is 18.7 Å². The summed E-state index contributed by atoms with van der Waals surface area (Å²) in [6, 6.07) is 9.72. The Hall–Kier alpha value is -3.41. The van der Waals surface area contributed by atoms with Crippen LogP contribution in [0.1, 0.15) is 69.4 Å². The molecule has 0 spiro atoms. The average Bonchev–Trinajstić information content (AvgIpc) is 2.88. The van der Waals surface area contributed by atoms with Crippen molar-refractivity contribution in [1.29, 1.82) is 0 Å². The number of hydrogen-bond donors (Lipinski definition) is 0. The third-order valence-corrected chi connectivity index (χ3v) is 6.25. The number of fused-ring (bicyclic) bond motifs is 1. The van der Waals surface area contributed by atoms with E-state index < -0.39 is 0 Å². The summed E-state index contributed by atoms with van der Waals surface area (Å²) in [7, 11) is 0. The van der Waals surface area contributed by atoms with Crippen molar-refractivity contribution in [2.24, 2.45) is 0 Å². The quantitative estimate of drug-likeness (QED) is 0.130. The molecule has 0 aliphatic heterocycles. The molecule has 36 heavy (non-hydrogen) atoms. The van der Waals surface area contributed by atoms with Crippen molar-refractivity contribution >= 4 is 16.9 Å². The van der Waals surface area contributed by atoms with Crippen molar-refractivity contribution in [3.8, 4) is 17.0 Å². The first kappa shape index (κ1) is 27.2. The Kier molecular flexibility index (Phi) is 10.7. The standard InChI is InChI=1S/C30H37NO5/c1-4-23-15-14-22(3)20-24(23)25-21-26-27(36-30(25)33)16-17-31-29(26)35-19-13-11-9-7-6-8-10-12-18-34-28(32)5-2/h5,14-17,20-21H,2,4,6-13,18-19H2,1,3H3. The molecule has 0 unspecified atom stereocenters. The fraction of sp³-hybridized carbons (Fsp3) is 0.433. The van der Waals surface area contributed by atoms with Crippen LogP contribution in [0.15, 0.2) is 58.4 Å². The maximum absolute atomic E-state index is 12.8. The molecule has 1 aromatic carbocycles. The lowest BCUT2D eigenvalue weighted by Crippen LogP contribution is -2.06. The predicted octanol–water partition coefficient (Wildman–Crippen LogP) is 6.95. The molecule has 0 radical (unpaired) electrons. The molecule has 0 bridgehead atoms. The number of ether oxygens (including phenoxy) is 2. The zero-order valence-electron chi connectivity index (χ0n) is 21.5. The summed E-state index contributed by atoms with van der Waals surface area (Å²) >= 11 is 0. The molecule has 2 aromatic heterocycles. The Morgan fingerprint density at radius 2 is 1.67 bits per heavy atom. The van der Waals surface area contributed by atoms with Gasteiger partial charge in [0.05, 0.1) is 24.2 Å². The number of hydrogen-bond acceptors (Lipinski definition) is 6. The maximum Gasteiger partial charge on any atom is 0.344 e. The molecule has 0 atom stereocenters. The van der Waals surface area contributed by atoms with Crippen LogP contribution in [0, 0.1) is 6.92 Å². The number of aromatic nitrogens is 1. The molecule has 0 saturated heterocycles. The number of pyridine rings is 1. The zero-order valence-corrected chi connectivity index (χ0v) is 21.5. The number of rotatable bonds is 15. The molecule has 6 nitrogen and oxygen atoms in total. The van der Waals surface area contributed by atoms with Gasteiger partial charge in [-0.05, 0) is 43.4 Å². The summed E-state index contributed by atoms with van der Waals surface area (Å²) in [6.45, 7) is 8.53. The molecule has 0 N–H and O–H groups in total. The second-order valence-corrected chi connectivity index (χ2v) is 9.04. The van der Waals surface area contributed by atoms with Crippen LogP contribution in [-0.2, 0) is 16.0 Å². The lowest BCUT2D eigenvalue weighted by Gasteiger charge is -2.11. The largest absolute Gasteiger partial charge is 0.477 e. The summed E-state index contributed by atoms with van der Waals surface area (Å²) < 4.78 is 16.6. The predicted molar refractivity (Wildman–Crippen MR) is 143 cm³/mol. The van der Waals surface area contributed by atoms with Gasteiger partial charge in [-0.25, -0.2) is 14.6 Å². The smallest absolute Gasteiger partial charge is 0.344 e. The highest BCUT2D eigenvalue weighted by atomic mass is 16.5. The second-order valence-electron chi connectivity index (χ2n) is 9.04. The van der Waals surface area contributed by atoms with Gasteiger partial charge in [0, 0.05) is 18.3 Å². The van der Waals surface area contributed by atoms with E-state index in [4.69, 9.17) is 13.9 Å². The molecule has 0 aliphatic carbocycles. The van der Waals surface area contributed by atoms with E-state index in [-0.39, 0.29) is 11.6 Å². The van der Waals surface area contributed by atoms with E-state index in [1.165, 1.54) is 18.9 Å². The van der Waals surface area contributed by atoms with Crippen molar-refractivity contribution in [2.45, 2.75) is 71.6 Å². The Bertz CT molecular complexity index is 1210. The minimum atomic E-state index is -0.349. The Morgan fingerprint density at radius 1 is 0.972 bits per heavy atom. The molecular formula is C30H37NO5. The van der Waals surface area contributed by atoms with Gasteiger partial charge in [0.1, 0.15) is 5.58 Å². The molecule has 0 fully saturated rings. The van der Waals surface area contributed by atoms with Gasteiger partial charge < -0.3 is 13.9 Å². The molecule has 192 valence electrons. The summed E-state index contributed by atoms with van der Waals surface area (Å²) in [5.74, 6) is 0.151. The van der Waals surface area contributed by atoms with Crippen LogP contribution in [0.25, 0.3) is 22.1 Å². The van der Waals surface area contributed by atoms with Crippen LogP contribution in [-0.4, -0.2) is 24.2 Å². The molecule has 0 saturated carbocycles. The zero-order chi connectivity index (χ0) is 25.8. The third-order valence-electron chi connectivity index (χ3n) is 6.25. The van der Waals surface area contributed by atoms with E-state index in [0.29, 0.717) is 30.2 Å². The van der Waals surface area contributed by atoms with E-state index in [1.54, 1.807) is 12.3 Å². The number of esters is 1. The van der Waals surface area contributed by atoms with Gasteiger partial charge in [0.25, 0.3) is 0 Å². The monoisotopic (exact) mass is 491 g/mol. The fourth-order valence-electron chi connectivity index (χ4n) is 4.23. The summed E-state index contributed by atoms with van der Waals surface area (Å²) in [6.07, 6.45) is 12.3. The molecule has 3 rings (SSSR count). The first-order valence-corrected chi connectivity index (χ1v) is 13.0. The van der Waals surface area contributed by atoms with Crippen LogP contribution >= 0.6 is 0 Å². The average molecular weight is 492 g/mol. The summed E-state index contributed by atoms with van der Waals surface area (Å²) in [5, 5.41) is 0.717. The van der Waals surface area contributed by atoms with Crippen LogP contribution in [0.4, 0.5) is 0 Å². The van der Waals surface area contributed by atoms with E-state index in [9.17, 15) is 9.59 Å². The van der Waals surface area contributed by atoms with Gasteiger partial charge in [-0.2, -0.15) is 0 Å². The van der Waals surface area contributed by atoms with Crippen LogP contribution in [0.2, 0.25) is 0 Å².